The van der Waals surface area contributed by atoms with Crippen molar-refractivity contribution >= 4 is 15.9 Å². The number of halogens is 4. The van der Waals surface area contributed by atoms with E-state index in [1.807, 2.05) is 0 Å². The standard InChI is InChI=1S/C9H10BrF3N2O/c10-6-1-5(8(15)4-14)2-7(3-6)16-9(11,12)13/h1-3,8H,4,14-15H2. The highest BCUT2D eigenvalue weighted by atomic mass is 79.9. The van der Waals surface area contributed by atoms with Gasteiger partial charge in [-0.1, -0.05) is 15.9 Å². The first-order valence-electron chi connectivity index (χ1n) is 4.33. The van der Waals surface area contributed by atoms with E-state index in [1.165, 1.54) is 12.1 Å². The number of hydrogen-bond acceptors (Lipinski definition) is 3. The molecule has 0 radical (unpaired) electrons. The molecule has 3 nitrogen and oxygen atoms in total. The number of nitrogens with two attached hydrogens (primary N) is 2. The molecule has 0 spiro atoms. The third kappa shape index (κ3) is 3.99. The van der Waals surface area contributed by atoms with Crippen LogP contribution in [0.2, 0.25) is 0 Å². The SMILES string of the molecule is NCC(N)c1cc(Br)cc(OC(F)(F)F)c1. The van der Waals surface area contributed by atoms with Gasteiger partial charge in [-0.2, -0.15) is 0 Å². The Balaban J connectivity index is 2.99. The number of ether oxygens (including phenoxy) is 1. The van der Waals surface area contributed by atoms with Gasteiger partial charge < -0.3 is 16.2 Å². The van der Waals surface area contributed by atoms with Gasteiger partial charge in [0.05, 0.1) is 0 Å². The van der Waals surface area contributed by atoms with Crippen molar-refractivity contribution in [3.05, 3.63) is 28.2 Å². The maximum absolute atomic E-state index is 12.0. The first kappa shape index (κ1) is 13.3. The number of hydrogen-bond donors (Lipinski definition) is 2. The van der Waals surface area contributed by atoms with Crippen LogP contribution >= 0.6 is 15.9 Å². The summed E-state index contributed by atoms with van der Waals surface area (Å²) in [5, 5.41) is 0. The molecule has 0 aliphatic carbocycles. The predicted molar refractivity (Wildman–Crippen MR) is 56.8 cm³/mol. The molecule has 90 valence electrons. The van der Waals surface area contributed by atoms with Crippen molar-refractivity contribution in [2.24, 2.45) is 11.5 Å². The number of benzene rings is 1. The van der Waals surface area contributed by atoms with Crippen LogP contribution in [0.3, 0.4) is 0 Å². The summed E-state index contributed by atoms with van der Waals surface area (Å²) in [6.45, 7) is 0.141. The first-order valence-corrected chi connectivity index (χ1v) is 5.13. The maximum Gasteiger partial charge on any atom is 0.573 e. The van der Waals surface area contributed by atoms with Crippen molar-refractivity contribution in [2.45, 2.75) is 12.4 Å². The minimum Gasteiger partial charge on any atom is -0.406 e. The van der Waals surface area contributed by atoms with Crippen molar-refractivity contribution in [3.63, 3.8) is 0 Å². The lowest BCUT2D eigenvalue weighted by atomic mass is 10.1. The molecule has 0 amide bonds. The lowest BCUT2D eigenvalue weighted by molar-refractivity contribution is -0.274. The summed E-state index contributed by atoms with van der Waals surface area (Å²) < 4.78 is 40.2. The zero-order valence-electron chi connectivity index (χ0n) is 8.09. The largest absolute Gasteiger partial charge is 0.573 e. The molecular weight excluding hydrogens is 289 g/mol. The van der Waals surface area contributed by atoms with Crippen molar-refractivity contribution in [1.29, 1.82) is 0 Å². The Bertz CT molecular complexity index is 370. The van der Waals surface area contributed by atoms with Crippen LogP contribution in [0.5, 0.6) is 5.75 Å². The van der Waals surface area contributed by atoms with Crippen LogP contribution < -0.4 is 16.2 Å². The summed E-state index contributed by atoms with van der Waals surface area (Å²) in [7, 11) is 0. The summed E-state index contributed by atoms with van der Waals surface area (Å²) in [6.07, 6.45) is -4.72. The second kappa shape index (κ2) is 5.03. The molecule has 0 aliphatic heterocycles. The molecule has 0 saturated carbocycles. The molecule has 1 atom stereocenters. The van der Waals surface area contributed by atoms with Gasteiger partial charge in [-0.05, 0) is 23.8 Å². The van der Waals surface area contributed by atoms with Crippen LogP contribution in [0.4, 0.5) is 13.2 Å². The second-order valence-corrected chi connectivity index (χ2v) is 4.03. The fourth-order valence-electron chi connectivity index (χ4n) is 1.13. The van der Waals surface area contributed by atoms with Crippen molar-refractivity contribution in [1.82, 2.24) is 0 Å². The third-order valence-corrected chi connectivity index (χ3v) is 2.27. The highest BCUT2D eigenvalue weighted by molar-refractivity contribution is 9.10. The van der Waals surface area contributed by atoms with Gasteiger partial charge in [-0.3, -0.25) is 0 Å². The molecule has 1 aromatic rings. The predicted octanol–water partition coefficient (Wildman–Crippen LogP) is 2.31. The van der Waals surface area contributed by atoms with Crippen LogP contribution in [0.25, 0.3) is 0 Å². The summed E-state index contributed by atoms with van der Waals surface area (Å²) in [5.74, 6) is -0.319. The Morgan fingerprint density at radius 2 is 1.94 bits per heavy atom. The topological polar surface area (TPSA) is 61.3 Å². The van der Waals surface area contributed by atoms with Gasteiger partial charge in [-0.15, -0.1) is 13.2 Å². The van der Waals surface area contributed by atoms with E-state index in [1.54, 1.807) is 6.07 Å². The van der Waals surface area contributed by atoms with E-state index in [4.69, 9.17) is 11.5 Å². The Morgan fingerprint density at radius 3 is 2.44 bits per heavy atom. The van der Waals surface area contributed by atoms with E-state index in [9.17, 15) is 13.2 Å². The quantitative estimate of drug-likeness (QED) is 0.900. The van der Waals surface area contributed by atoms with Gasteiger partial charge in [0, 0.05) is 17.1 Å². The normalized spacial score (nSPS) is 13.6. The van der Waals surface area contributed by atoms with E-state index in [-0.39, 0.29) is 12.3 Å². The molecule has 16 heavy (non-hydrogen) atoms. The van der Waals surface area contributed by atoms with E-state index in [0.717, 1.165) is 0 Å². The van der Waals surface area contributed by atoms with E-state index >= 15 is 0 Å². The van der Waals surface area contributed by atoms with Gasteiger partial charge in [-0.25, -0.2) is 0 Å². The Hall–Kier alpha value is -0.790. The minimum atomic E-state index is -4.72. The van der Waals surface area contributed by atoms with Crippen molar-refractivity contribution in [3.8, 4) is 5.75 Å². The van der Waals surface area contributed by atoms with Crippen LogP contribution in [0.15, 0.2) is 22.7 Å². The van der Waals surface area contributed by atoms with E-state index in [0.29, 0.717) is 10.0 Å². The summed E-state index contributed by atoms with van der Waals surface area (Å²) in [4.78, 5) is 0. The highest BCUT2D eigenvalue weighted by Gasteiger charge is 2.31. The molecule has 4 N–H and O–H groups in total. The zero-order chi connectivity index (χ0) is 12.3. The fraction of sp³-hybridized carbons (Fsp3) is 0.333. The Kier molecular flexibility index (Phi) is 4.17. The van der Waals surface area contributed by atoms with Crippen LogP contribution in [0.1, 0.15) is 11.6 Å². The molecular formula is C9H10BrF3N2O. The molecule has 0 heterocycles. The van der Waals surface area contributed by atoms with Gasteiger partial charge in [0.25, 0.3) is 0 Å². The van der Waals surface area contributed by atoms with Gasteiger partial charge >= 0.3 is 6.36 Å². The van der Waals surface area contributed by atoms with Crippen LogP contribution in [-0.4, -0.2) is 12.9 Å². The smallest absolute Gasteiger partial charge is 0.406 e. The van der Waals surface area contributed by atoms with Crippen molar-refractivity contribution < 1.29 is 17.9 Å². The second-order valence-electron chi connectivity index (χ2n) is 3.11. The minimum absolute atomic E-state index is 0.141. The lowest BCUT2D eigenvalue weighted by Crippen LogP contribution is -2.21. The van der Waals surface area contributed by atoms with Crippen LogP contribution in [-0.2, 0) is 0 Å². The van der Waals surface area contributed by atoms with Crippen molar-refractivity contribution in [2.75, 3.05) is 6.54 Å². The highest BCUT2D eigenvalue weighted by Crippen LogP contribution is 2.28. The molecule has 1 rings (SSSR count). The first-order chi connectivity index (χ1) is 7.31. The Morgan fingerprint density at radius 1 is 1.31 bits per heavy atom. The third-order valence-electron chi connectivity index (χ3n) is 1.81. The average Bonchev–Trinajstić information content (AvgIpc) is 2.12. The van der Waals surface area contributed by atoms with Gasteiger partial charge in [0.15, 0.2) is 0 Å². The Labute approximate surface area is 98.7 Å². The summed E-state index contributed by atoms with van der Waals surface area (Å²) in [6, 6.07) is 3.50. The molecule has 1 aromatic carbocycles. The van der Waals surface area contributed by atoms with Crippen LogP contribution in [0, 0.1) is 0 Å². The monoisotopic (exact) mass is 298 g/mol. The molecule has 0 saturated heterocycles. The maximum atomic E-state index is 12.0. The fourth-order valence-corrected chi connectivity index (χ4v) is 1.62. The summed E-state index contributed by atoms with van der Waals surface area (Å²) >= 11 is 3.07. The molecule has 0 bridgehead atoms. The van der Waals surface area contributed by atoms with E-state index < -0.39 is 12.4 Å². The molecule has 0 aromatic heterocycles. The average molecular weight is 299 g/mol. The molecule has 0 fully saturated rings. The molecule has 1 unspecified atom stereocenters. The molecule has 0 aliphatic rings. The van der Waals surface area contributed by atoms with Gasteiger partial charge in [0.2, 0.25) is 0 Å². The summed E-state index contributed by atoms with van der Waals surface area (Å²) in [5.41, 5.74) is 11.4. The number of alkyl halides is 3. The van der Waals surface area contributed by atoms with Gasteiger partial charge in [0.1, 0.15) is 5.75 Å². The molecule has 7 heteroatoms. The lowest BCUT2D eigenvalue weighted by Gasteiger charge is -2.13. The number of rotatable bonds is 3. The zero-order valence-corrected chi connectivity index (χ0v) is 9.68. The van der Waals surface area contributed by atoms with E-state index in [2.05, 4.69) is 20.7 Å².